The largest absolute Gasteiger partial charge is 0.369 e. The van der Waals surface area contributed by atoms with Crippen LogP contribution in [0.3, 0.4) is 0 Å². The molecule has 0 saturated heterocycles. The Hall–Kier alpha value is -1.62. The van der Waals surface area contributed by atoms with Gasteiger partial charge in [0.25, 0.3) is 0 Å². The predicted octanol–water partition coefficient (Wildman–Crippen LogP) is 0.535. The molecule has 0 saturated carbocycles. The molecule has 1 unspecified atom stereocenters. The minimum atomic E-state index is -0.238. The van der Waals surface area contributed by atoms with Crippen LogP contribution in [-0.2, 0) is 6.42 Å². The van der Waals surface area contributed by atoms with Gasteiger partial charge in [0.05, 0.1) is 6.04 Å². The molecule has 5 heteroatoms. The Bertz CT molecular complexity index is 334. The molecule has 1 rings (SSSR count). The molecule has 0 amide bonds. The standard InChI is InChI=1S/C10H15FN4/c1-7(14-10(12)15-13)6-8-2-4-9(11)5-3-8/h2-5,7H,6,13H2,1H3,(H3,12,14,15). The Morgan fingerprint density at radius 1 is 1.47 bits per heavy atom. The van der Waals surface area contributed by atoms with Crippen molar-refractivity contribution < 1.29 is 4.39 Å². The van der Waals surface area contributed by atoms with Crippen LogP contribution in [-0.4, -0.2) is 12.0 Å². The third-order valence-corrected chi connectivity index (χ3v) is 1.95. The van der Waals surface area contributed by atoms with Crippen LogP contribution >= 0.6 is 0 Å². The number of hydrogen-bond donors (Lipinski definition) is 3. The van der Waals surface area contributed by atoms with E-state index in [0.29, 0.717) is 6.42 Å². The molecule has 15 heavy (non-hydrogen) atoms. The van der Waals surface area contributed by atoms with Gasteiger partial charge in [0.2, 0.25) is 5.96 Å². The first-order chi connectivity index (χ1) is 7.11. The van der Waals surface area contributed by atoms with Crippen LogP contribution in [0, 0.1) is 5.82 Å². The molecule has 0 aromatic heterocycles. The second-order valence-electron chi connectivity index (χ2n) is 3.34. The van der Waals surface area contributed by atoms with Crippen molar-refractivity contribution in [2.45, 2.75) is 19.4 Å². The molecular weight excluding hydrogens is 195 g/mol. The zero-order valence-corrected chi connectivity index (χ0v) is 8.57. The highest BCUT2D eigenvalue weighted by Crippen LogP contribution is 2.07. The van der Waals surface area contributed by atoms with Crippen LogP contribution in [0.1, 0.15) is 12.5 Å². The Labute approximate surface area is 88.2 Å². The van der Waals surface area contributed by atoms with E-state index in [0.717, 1.165) is 5.56 Å². The summed E-state index contributed by atoms with van der Waals surface area (Å²) < 4.78 is 12.6. The first-order valence-electron chi connectivity index (χ1n) is 4.66. The number of hydrogen-bond acceptors (Lipinski definition) is 2. The summed E-state index contributed by atoms with van der Waals surface area (Å²) in [6.45, 7) is 1.91. The lowest BCUT2D eigenvalue weighted by molar-refractivity contribution is 0.626. The minimum absolute atomic E-state index is 0.00603. The SMILES string of the molecule is CC(Cc1ccc(F)cc1)N=C(N)NN. The lowest BCUT2D eigenvalue weighted by Gasteiger charge is -2.07. The van der Waals surface area contributed by atoms with E-state index in [9.17, 15) is 4.39 Å². The lowest BCUT2D eigenvalue weighted by Crippen LogP contribution is -2.38. The van der Waals surface area contributed by atoms with Crippen LogP contribution in [0.5, 0.6) is 0 Å². The summed E-state index contributed by atoms with van der Waals surface area (Å²) in [5.41, 5.74) is 8.68. The summed E-state index contributed by atoms with van der Waals surface area (Å²) >= 11 is 0. The normalized spacial score (nSPS) is 13.7. The maximum atomic E-state index is 12.6. The van der Waals surface area contributed by atoms with Crippen LogP contribution < -0.4 is 17.0 Å². The van der Waals surface area contributed by atoms with Crippen LogP contribution in [0.4, 0.5) is 4.39 Å². The fraction of sp³-hybridized carbons (Fsp3) is 0.300. The van der Waals surface area contributed by atoms with Crippen molar-refractivity contribution in [2.24, 2.45) is 16.6 Å². The number of nitrogens with zero attached hydrogens (tertiary/aromatic N) is 1. The minimum Gasteiger partial charge on any atom is -0.369 e. The van der Waals surface area contributed by atoms with Gasteiger partial charge in [0.15, 0.2) is 0 Å². The third-order valence-electron chi connectivity index (χ3n) is 1.95. The third kappa shape index (κ3) is 3.95. The maximum absolute atomic E-state index is 12.6. The van der Waals surface area contributed by atoms with Gasteiger partial charge < -0.3 is 5.73 Å². The van der Waals surface area contributed by atoms with E-state index >= 15 is 0 Å². The second-order valence-corrected chi connectivity index (χ2v) is 3.34. The molecule has 4 nitrogen and oxygen atoms in total. The molecule has 0 aliphatic rings. The van der Waals surface area contributed by atoms with Crippen molar-refractivity contribution in [1.82, 2.24) is 5.43 Å². The molecular formula is C10H15FN4. The van der Waals surface area contributed by atoms with Crippen molar-refractivity contribution >= 4 is 5.96 Å². The van der Waals surface area contributed by atoms with Crippen LogP contribution in [0.2, 0.25) is 0 Å². The molecule has 0 bridgehead atoms. The summed E-state index contributed by atoms with van der Waals surface area (Å²) in [5.74, 6) is 5.04. The van der Waals surface area contributed by atoms with Crippen molar-refractivity contribution in [3.8, 4) is 0 Å². The molecule has 0 spiro atoms. The average molecular weight is 210 g/mol. The Kier molecular flexibility index (Phi) is 4.05. The molecule has 0 aliphatic heterocycles. The first kappa shape index (κ1) is 11.5. The van der Waals surface area contributed by atoms with Crippen LogP contribution in [0.15, 0.2) is 29.3 Å². The average Bonchev–Trinajstić information content (AvgIpc) is 2.21. The fourth-order valence-electron chi connectivity index (χ4n) is 1.28. The quantitative estimate of drug-likeness (QED) is 0.295. The molecule has 0 heterocycles. The summed E-state index contributed by atoms with van der Waals surface area (Å²) in [6.07, 6.45) is 0.697. The van der Waals surface area contributed by atoms with Crippen LogP contribution in [0.25, 0.3) is 0 Å². The van der Waals surface area contributed by atoms with Gasteiger partial charge in [0.1, 0.15) is 5.82 Å². The van der Waals surface area contributed by atoms with Gasteiger partial charge >= 0.3 is 0 Å². The zero-order chi connectivity index (χ0) is 11.3. The van der Waals surface area contributed by atoms with E-state index in [1.807, 2.05) is 6.92 Å². The van der Waals surface area contributed by atoms with Crippen molar-refractivity contribution in [2.75, 3.05) is 0 Å². The molecule has 0 radical (unpaired) electrons. The van der Waals surface area contributed by atoms with E-state index in [-0.39, 0.29) is 17.8 Å². The summed E-state index contributed by atoms with van der Waals surface area (Å²) in [7, 11) is 0. The van der Waals surface area contributed by atoms with E-state index in [1.54, 1.807) is 12.1 Å². The van der Waals surface area contributed by atoms with Gasteiger partial charge in [-0.1, -0.05) is 12.1 Å². The first-order valence-corrected chi connectivity index (χ1v) is 4.66. The fourth-order valence-corrected chi connectivity index (χ4v) is 1.28. The van der Waals surface area contributed by atoms with Gasteiger partial charge in [-0.05, 0) is 31.0 Å². The molecule has 82 valence electrons. The smallest absolute Gasteiger partial charge is 0.203 e. The number of nitrogens with one attached hydrogen (secondary N) is 1. The Morgan fingerprint density at radius 3 is 2.60 bits per heavy atom. The van der Waals surface area contributed by atoms with E-state index in [2.05, 4.69) is 10.4 Å². The summed E-state index contributed by atoms with van der Waals surface area (Å²) in [4.78, 5) is 4.08. The molecule has 1 aromatic rings. The van der Waals surface area contributed by atoms with Gasteiger partial charge in [-0.15, -0.1) is 0 Å². The molecule has 0 fully saturated rings. The van der Waals surface area contributed by atoms with Gasteiger partial charge in [-0.2, -0.15) is 0 Å². The summed E-state index contributed by atoms with van der Waals surface area (Å²) in [6, 6.07) is 6.32. The zero-order valence-electron chi connectivity index (χ0n) is 8.57. The van der Waals surface area contributed by atoms with Gasteiger partial charge in [-0.3, -0.25) is 5.43 Å². The number of hydrazine groups is 1. The number of aliphatic imine (C=N–C) groups is 1. The number of halogens is 1. The highest BCUT2D eigenvalue weighted by atomic mass is 19.1. The van der Waals surface area contributed by atoms with E-state index in [1.165, 1.54) is 12.1 Å². The van der Waals surface area contributed by atoms with Gasteiger partial charge in [-0.25, -0.2) is 15.2 Å². The Balaban J connectivity index is 2.58. The maximum Gasteiger partial charge on any atom is 0.203 e. The number of rotatable bonds is 3. The molecule has 1 atom stereocenters. The highest BCUT2D eigenvalue weighted by Gasteiger charge is 2.02. The Morgan fingerprint density at radius 2 is 2.07 bits per heavy atom. The number of benzene rings is 1. The topological polar surface area (TPSA) is 76.4 Å². The van der Waals surface area contributed by atoms with Crippen molar-refractivity contribution in [3.05, 3.63) is 35.6 Å². The lowest BCUT2D eigenvalue weighted by atomic mass is 10.1. The van der Waals surface area contributed by atoms with Crippen molar-refractivity contribution in [1.29, 1.82) is 0 Å². The molecule has 5 N–H and O–H groups in total. The number of guanidine groups is 1. The van der Waals surface area contributed by atoms with E-state index < -0.39 is 0 Å². The van der Waals surface area contributed by atoms with E-state index in [4.69, 9.17) is 11.6 Å². The van der Waals surface area contributed by atoms with Crippen molar-refractivity contribution in [3.63, 3.8) is 0 Å². The van der Waals surface area contributed by atoms with Gasteiger partial charge in [0, 0.05) is 0 Å². The number of nitrogens with two attached hydrogens (primary N) is 2. The predicted molar refractivity (Wildman–Crippen MR) is 58.5 cm³/mol. The summed E-state index contributed by atoms with van der Waals surface area (Å²) in [5, 5.41) is 0. The molecule has 1 aromatic carbocycles. The monoisotopic (exact) mass is 210 g/mol. The second kappa shape index (κ2) is 5.31. The highest BCUT2D eigenvalue weighted by molar-refractivity contribution is 5.77. The molecule has 0 aliphatic carbocycles.